The van der Waals surface area contributed by atoms with Gasteiger partial charge in [0.05, 0.1) is 22.5 Å². The van der Waals surface area contributed by atoms with Crippen LogP contribution in [0.5, 0.6) is 0 Å². The van der Waals surface area contributed by atoms with Crippen molar-refractivity contribution in [2.75, 3.05) is 0 Å². The summed E-state index contributed by atoms with van der Waals surface area (Å²) in [6.07, 6.45) is -9.91. The van der Waals surface area contributed by atoms with E-state index in [4.69, 9.17) is 0 Å². The molecule has 0 radical (unpaired) electrons. The third-order valence-electron chi connectivity index (χ3n) is 4.82. The van der Waals surface area contributed by atoms with Gasteiger partial charge in [-0.1, -0.05) is 56.1 Å². The first-order valence-electron chi connectivity index (χ1n) is 9.33. The van der Waals surface area contributed by atoms with Crippen LogP contribution in [0.25, 0.3) is 33.9 Å². The van der Waals surface area contributed by atoms with Crippen LogP contribution in [0.4, 0.5) is 26.3 Å². The van der Waals surface area contributed by atoms with Crippen LogP contribution in [0.15, 0.2) is 75.7 Å². The summed E-state index contributed by atoms with van der Waals surface area (Å²) in [6, 6.07) is 15.5. The first kappa shape index (κ1) is 23.6. The monoisotopic (exact) mass is 588 g/mol. The Labute approximate surface area is 200 Å². The van der Waals surface area contributed by atoms with Crippen LogP contribution in [0.2, 0.25) is 0 Å². The van der Waals surface area contributed by atoms with Gasteiger partial charge in [-0.2, -0.15) is 26.3 Å². The van der Waals surface area contributed by atoms with Crippen molar-refractivity contribution in [1.82, 2.24) is 9.97 Å². The molecule has 0 saturated carbocycles. The Bertz CT molecular complexity index is 1200. The first-order valence-corrected chi connectivity index (χ1v) is 10.9. The summed E-state index contributed by atoms with van der Waals surface area (Å²) in [6.45, 7) is 0. The summed E-state index contributed by atoms with van der Waals surface area (Å²) in [5.74, 6) is -0.109. The molecule has 4 aromatic rings. The van der Waals surface area contributed by atoms with Crippen molar-refractivity contribution in [2.45, 2.75) is 12.4 Å². The summed E-state index contributed by atoms with van der Waals surface area (Å²) in [5, 5.41) is 0. The summed E-state index contributed by atoms with van der Waals surface area (Å²) in [4.78, 5) is 7.34. The van der Waals surface area contributed by atoms with Crippen LogP contribution < -0.4 is 0 Å². The minimum atomic E-state index is -4.95. The third-order valence-corrected chi connectivity index (χ3v) is 5.87. The van der Waals surface area contributed by atoms with E-state index in [1.165, 1.54) is 0 Å². The molecule has 0 bridgehead atoms. The molecule has 3 aromatic carbocycles. The molecule has 10 heteroatoms. The lowest BCUT2D eigenvalue weighted by Gasteiger charge is -2.13. The lowest BCUT2D eigenvalue weighted by atomic mass is 10.0. The largest absolute Gasteiger partial charge is 0.416 e. The van der Waals surface area contributed by atoms with Gasteiger partial charge in [0.15, 0.2) is 0 Å². The second-order valence-electron chi connectivity index (χ2n) is 7.12. The van der Waals surface area contributed by atoms with Gasteiger partial charge in [0, 0.05) is 25.6 Å². The average Bonchev–Trinajstić information content (AvgIpc) is 3.19. The van der Waals surface area contributed by atoms with Gasteiger partial charge in [-0.05, 0) is 42.5 Å². The number of aromatic amines is 1. The topological polar surface area (TPSA) is 28.7 Å². The molecule has 0 unspecified atom stereocenters. The number of H-pyrrole nitrogens is 1. The lowest BCUT2D eigenvalue weighted by Crippen LogP contribution is -2.11. The summed E-state index contributed by atoms with van der Waals surface area (Å²) in [5.41, 5.74) is -0.965. The Morgan fingerprint density at radius 2 is 1.06 bits per heavy atom. The van der Waals surface area contributed by atoms with Crippen molar-refractivity contribution in [3.8, 4) is 33.9 Å². The fourth-order valence-electron chi connectivity index (χ4n) is 3.24. The van der Waals surface area contributed by atoms with Crippen LogP contribution in [0.3, 0.4) is 0 Å². The van der Waals surface area contributed by atoms with Crippen LogP contribution in [-0.2, 0) is 12.4 Å². The van der Waals surface area contributed by atoms with Gasteiger partial charge in [-0.3, -0.25) is 0 Å². The van der Waals surface area contributed by atoms with E-state index in [1.807, 2.05) is 0 Å². The van der Waals surface area contributed by atoms with E-state index < -0.39 is 23.5 Å². The van der Waals surface area contributed by atoms with Crippen molar-refractivity contribution < 1.29 is 26.3 Å². The predicted molar refractivity (Wildman–Crippen MR) is 120 cm³/mol. The molecule has 2 nitrogen and oxygen atoms in total. The van der Waals surface area contributed by atoms with Crippen molar-refractivity contribution in [1.29, 1.82) is 0 Å². The molecular weight excluding hydrogens is 578 g/mol. The number of hydrogen-bond donors (Lipinski definition) is 1. The Kier molecular flexibility index (Phi) is 6.17. The van der Waals surface area contributed by atoms with Gasteiger partial charge in [0.2, 0.25) is 0 Å². The molecule has 0 spiro atoms. The molecule has 0 aliphatic rings. The standard InChI is InChI=1S/C23H12Br2F6N2/c24-17-5-1-12(2-6-17)19-20(13-3-7-18(25)8-4-13)33-21(32-19)14-9-15(22(26,27)28)11-16(10-14)23(29,30)31/h1-11H,(H,32,33). The smallest absolute Gasteiger partial charge is 0.337 e. The Morgan fingerprint density at radius 1 is 0.606 bits per heavy atom. The van der Waals surface area contributed by atoms with Crippen LogP contribution in [0.1, 0.15) is 11.1 Å². The van der Waals surface area contributed by atoms with E-state index in [-0.39, 0.29) is 17.5 Å². The van der Waals surface area contributed by atoms with Crippen molar-refractivity contribution in [2.24, 2.45) is 0 Å². The third kappa shape index (κ3) is 5.16. The highest BCUT2D eigenvalue weighted by atomic mass is 79.9. The first-order chi connectivity index (χ1) is 15.4. The molecule has 0 atom stereocenters. The Hall–Kier alpha value is -2.59. The predicted octanol–water partition coefficient (Wildman–Crippen LogP) is 8.97. The number of benzene rings is 3. The van der Waals surface area contributed by atoms with E-state index in [2.05, 4.69) is 41.8 Å². The van der Waals surface area contributed by atoms with Crippen molar-refractivity contribution in [3.63, 3.8) is 0 Å². The normalized spacial score (nSPS) is 12.2. The summed E-state index contributed by atoms with van der Waals surface area (Å²) in [7, 11) is 0. The average molecular weight is 590 g/mol. The SMILES string of the molecule is FC(F)(F)c1cc(-c2nc(-c3ccc(Br)cc3)c(-c3ccc(Br)cc3)[nH]2)cc(C(F)(F)F)c1. The number of rotatable bonds is 3. The van der Waals surface area contributed by atoms with Gasteiger partial charge in [0.1, 0.15) is 5.82 Å². The van der Waals surface area contributed by atoms with Crippen LogP contribution >= 0.6 is 31.9 Å². The number of alkyl halides is 6. The molecule has 0 fully saturated rings. The van der Waals surface area contributed by atoms with E-state index in [9.17, 15) is 26.3 Å². The number of nitrogens with one attached hydrogen (secondary N) is 1. The maximum Gasteiger partial charge on any atom is 0.416 e. The van der Waals surface area contributed by atoms with E-state index in [0.717, 1.165) is 8.95 Å². The molecule has 170 valence electrons. The highest BCUT2D eigenvalue weighted by Crippen LogP contribution is 2.40. The molecular formula is C23H12Br2F6N2. The quantitative estimate of drug-likeness (QED) is 0.237. The molecule has 4 rings (SSSR count). The van der Waals surface area contributed by atoms with Crippen molar-refractivity contribution >= 4 is 31.9 Å². The van der Waals surface area contributed by atoms with Crippen LogP contribution in [-0.4, -0.2) is 9.97 Å². The van der Waals surface area contributed by atoms with Crippen molar-refractivity contribution in [3.05, 3.63) is 86.8 Å². The van der Waals surface area contributed by atoms with Gasteiger partial charge in [0.25, 0.3) is 0 Å². The zero-order valence-corrected chi connectivity index (χ0v) is 19.5. The fourth-order valence-corrected chi connectivity index (χ4v) is 3.77. The van der Waals surface area contributed by atoms with Gasteiger partial charge in [-0.25, -0.2) is 4.98 Å². The lowest BCUT2D eigenvalue weighted by molar-refractivity contribution is -0.143. The number of halogens is 8. The van der Waals surface area contributed by atoms with E-state index >= 15 is 0 Å². The van der Waals surface area contributed by atoms with E-state index in [0.29, 0.717) is 34.6 Å². The van der Waals surface area contributed by atoms with Gasteiger partial charge in [-0.15, -0.1) is 0 Å². The molecule has 1 N–H and O–H groups in total. The Balaban J connectivity index is 1.94. The molecule has 0 amide bonds. The molecule has 1 aromatic heterocycles. The molecule has 0 aliphatic heterocycles. The second-order valence-corrected chi connectivity index (χ2v) is 8.95. The zero-order chi connectivity index (χ0) is 24.0. The van der Waals surface area contributed by atoms with Gasteiger partial charge >= 0.3 is 12.4 Å². The highest BCUT2D eigenvalue weighted by molar-refractivity contribution is 9.10. The fraction of sp³-hybridized carbons (Fsp3) is 0.0870. The maximum atomic E-state index is 13.3. The molecule has 33 heavy (non-hydrogen) atoms. The van der Waals surface area contributed by atoms with Crippen LogP contribution in [0, 0.1) is 0 Å². The minimum absolute atomic E-state index is 0.0949. The minimum Gasteiger partial charge on any atom is -0.337 e. The number of nitrogens with zero attached hydrogens (tertiary/aromatic N) is 1. The summed E-state index contributed by atoms with van der Waals surface area (Å²) >= 11 is 6.68. The summed E-state index contributed by atoms with van der Waals surface area (Å²) < 4.78 is 81.6. The number of imidazole rings is 1. The van der Waals surface area contributed by atoms with Gasteiger partial charge < -0.3 is 4.98 Å². The molecule has 0 aliphatic carbocycles. The Morgan fingerprint density at radius 3 is 1.52 bits per heavy atom. The number of hydrogen-bond acceptors (Lipinski definition) is 1. The molecule has 0 saturated heterocycles. The van der Waals surface area contributed by atoms with E-state index in [1.54, 1.807) is 48.5 Å². The maximum absolute atomic E-state index is 13.3. The highest BCUT2D eigenvalue weighted by Gasteiger charge is 2.37. The number of aromatic nitrogens is 2. The second kappa shape index (κ2) is 8.64. The molecule has 1 heterocycles. The zero-order valence-electron chi connectivity index (χ0n) is 16.3.